The molecule has 5 nitrogen and oxygen atoms in total. The van der Waals surface area contributed by atoms with Gasteiger partial charge in [-0.1, -0.05) is 23.7 Å². The number of halogens is 3. The number of amides is 1. The Morgan fingerprint density at radius 2 is 1.90 bits per heavy atom. The largest absolute Gasteiger partial charge is 0.425 e. The zero-order chi connectivity index (χ0) is 20.4. The zero-order valence-electron chi connectivity index (χ0n) is 15.4. The summed E-state index contributed by atoms with van der Waals surface area (Å²) >= 11 is 6.04. The van der Waals surface area contributed by atoms with Gasteiger partial charge in [-0.05, 0) is 48.7 Å². The summed E-state index contributed by atoms with van der Waals surface area (Å²) in [4.78, 5) is 14.5. The third-order valence-electron chi connectivity index (χ3n) is 4.97. The second kappa shape index (κ2) is 8.29. The number of hydrogen-bond acceptors (Lipinski definition) is 4. The van der Waals surface area contributed by atoms with Crippen molar-refractivity contribution in [2.45, 2.75) is 25.2 Å². The first-order valence-corrected chi connectivity index (χ1v) is 9.68. The summed E-state index contributed by atoms with van der Waals surface area (Å²) in [5.41, 5.74) is 1.14. The first-order valence-electron chi connectivity index (χ1n) is 9.30. The van der Waals surface area contributed by atoms with Crippen LogP contribution in [0.15, 0.2) is 46.9 Å². The van der Waals surface area contributed by atoms with Crippen LogP contribution >= 0.6 is 11.6 Å². The SMILES string of the molecule is O=C(c1ccc(F)cc1Cl)N1CCCC(c2nnc(Cc3ccc(F)cc3)o2)C1. The molecule has 1 unspecified atom stereocenters. The summed E-state index contributed by atoms with van der Waals surface area (Å²) in [6, 6.07) is 9.88. The molecule has 2 heterocycles. The van der Waals surface area contributed by atoms with Gasteiger partial charge in [0.05, 0.1) is 22.9 Å². The minimum absolute atomic E-state index is 0.0820. The number of hydrogen-bond donors (Lipinski definition) is 0. The Balaban J connectivity index is 1.45. The molecule has 1 aromatic heterocycles. The number of benzene rings is 2. The van der Waals surface area contributed by atoms with Gasteiger partial charge in [0.1, 0.15) is 11.6 Å². The Morgan fingerprint density at radius 3 is 2.66 bits per heavy atom. The van der Waals surface area contributed by atoms with Gasteiger partial charge in [-0.15, -0.1) is 10.2 Å². The predicted octanol–water partition coefficient (Wildman–Crippen LogP) is 4.61. The summed E-state index contributed by atoms with van der Waals surface area (Å²) in [6.45, 7) is 1.00. The van der Waals surface area contributed by atoms with Crippen molar-refractivity contribution in [2.75, 3.05) is 13.1 Å². The zero-order valence-corrected chi connectivity index (χ0v) is 16.2. The summed E-state index contributed by atoms with van der Waals surface area (Å²) in [5, 5.41) is 8.32. The Labute approximate surface area is 171 Å². The van der Waals surface area contributed by atoms with Gasteiger partial charge in [0, 0.05) is 13.1 Å². The molecule has 1 atom stereocenters. The lowest BCUT2D eigenvalue weighted by Gasteiger charge is -2.31. The molecule has 2 aromatic carbocycles. The normalized spacial score (nSPS) is 16.8. The van der Waals surface area contributed by atoms with E-state index in [0.717, 1.165) is 24.5 Å². The van der Waals surface area contributed by atoms with Gasteiger partial charge in [0.15, 0.2) is 0 Å². The van der Waals surface area contributed by atoms with Gasteiger partial charge in [-0.25, -0.2) is 8.78 Å². The molecule has 1 saturated heterocycles. The molecule has 1 aliphatic heterocycles. The fraction of sp³-hybridized carbons (Fsp3) is 0.286. The van der Waals surface area contributed by atoms with Gasteiger partial charge in [-0.2, -0.15) is 0 Å². The predicted molar refractivity (Wildman–Crippen MR) is 103 cm³/mol. The Kier molecular flexibility index (Phi) is 5.58. The molecule has 0 bridgehead atoms. The summed E-state index contributed by atoms with van der Waals surface area (Å²) in [6.07, 6.45) is 2.01. The lowest BCUT2D eigenvalue weighted by Crippen LogP contribution is -2.39. The minimum Gasteiger partial charge on any atom is -0.425 e. The van der Waals surface area contributed by atoms with Crippen LogP contribution in [0.4, 0.5) is 8.78 Å². The smallest absolute Gasteiger partial charge is 0.255 e. The second-order valence-corrected chi connectivity index (χ2v) is 7.46. The van der Waals surface area contributed by atoms with Crippen LogP contribution in [0.25, 0.3) is 0 Å². The number of piperidine rings is 1. The number of carbonyl (C=O) groups excluding carboxylic acids is 1. The summed E-state index contributed by atoms with van der Waals surface area (Å²) < 4.78 is 32.1. The van der Waals surface area contributed by atoms with Crippen LogP contribution in [0, 0.1) is 11.6 Å². The highest BCUT2D eigenvalue weighted by molar-refractivity contribution is 6.33. The van der Waals surface area contributed by atoms with Crippen molar-refractivity contribution in [1.29, 1.82) is 0 Å². The fourth-order valence-electron chi connectivity index (χ4n) is 3.48. The fourth-order valence-corrected chi connectivity index (χ4v) is 3.72. The van der Waals surface area contributed by atoms with Crippen LogP contribution in [-0.2, 0) is 6.42 Å². The molecule has 0 spiro atoms. The quantitative estimate of drug-likeness (QED) is 0.622. The van der Waals surface area contributed by atoms with Crippen LogP contribution in [0.5, 0.6) is 0 Å². The molecule has 4 rings (SSSR count). The molecule has 150 valence electrons. The van der Waals surface area contributed by atoms with Crippen molar-refractivity contribution in [3.8, 4) is 0 Å². The number of rotatable bonds is 4. The summed E-state index contributed by atoms with van der Waals surface area (Å²) in [5.74, 6) is -0.190. The van der Waals surface area contributed by atoms with E-state index < -0.39 is 5.82 Å². The van der Waals surface area contributed by atoms with Gasteiger partial charge in [-0.3, -0.25) is 4.79 Å². The van der Waals surface area contributed by atoms with E-state index in [2.05, 4.69) is 10.2 Å². The van der Waals surface area contributed by atoms with Crippen LogP contribution < -0.4 is 0 Å². The van der Waals surface area contributed by atoms with E-state index in [-0.39, 0.29) is 28.2 Å². The molecule has 8 heteroatoms. The van der Waals surface area contributed by atoms with E-state index in [1.807, 2.05) is 0 Å². The maximum absolute atomic E-state index is 13.3. The maximum atomic E-state index is 13.3. The molecule has 0 N–H and O–H groups in total. The van der Waals surface area contributed by atoms with Crippen molar-refractivity contribution >= 4 is 17.5 Å². The Morgan fingerprint density at radius 1 is 1.14 bits per heavy atom. The van der Waals surface area contributed by atoms with Crippen molar-refractivity contribution in [3.05, 3.63) is 82.0 Å². The van der Waals surface area contributed by atoms with E-state index in [4.69, 9.17) is 16.0 Å². The topological polar surface area (TPSA) is 59.2 Å². The number of nitrogens with zero attached hydrogens (tertiary/aromatic N) is 3. The molecule has 1 fully saturated rings. The standard InChI is InChI=1S/C21H18ClF2N3O2/c22-18-11-16(24)7-8-17(18)21(28)27-9-1-2-14(12-27)20-26-25-19(29-20)10-13-3-5-15(23)6-4-13/h3-8,11,14H,1-2,9-10,12H2. The molecule has 0 saturated carbocycles. The molecule has 29 heavy (non-hydrogen) atoms. The number of likely N-dealkylation sites (tertiary alicyclic amines) is 1. The molecule has 0 aliphatic carbocycles. The van der Waals surface area contributed by atoms with Crippen molar-refractivity contribution in [3.63, 3.8) is 0 Å². The van der Waals surface area contributed by atoms with Crippen LogP contribution in [0.2, 0.25) is 5.02 Å². The third-order valence-corrected chi connectivity index (χ3v) is 5.28. The Hall–Kier alpha value is -2.80. The second-order valence-electron chi connectivity index (χ2n) is 7.05. The summed E-state index contributed by atoms with van der Waals surface area (Å²) in [7, 11) is 0. The maximum Gasteiger partial charge on any atom is 0.255 e. The number of carbonyl (C=O) groups is 1. The number of aromatic nitrogens is 2. The highest BCUT2D eigenvalue weighted by Crippen LogP contribution is 2.28. The van der Waals surface area contributed by atoms with Gasteiger partial charge >= 0.3 is 0 Å². The molecule has 1 aliphatic rings. The van der Waals surface area contributed by atoms with Gasteiger partial charge < -0.3 is 9.32 Å². The molecular formula is C21H18ClF2N3O2. The van der Waals surface area contributed by atoms with E-state index in [1.165, 1.54) is 24.3 Å². The Bertz CT molecular complexity index is 1020. The highest BCUT2D eigenvalue weighted by atomic mass is 35.5. The van der Waals surface area contributed by atoms with Crippen molar-refractivity contribution in [1.82, 2.24) is 15.1 Å². The molecule has 1 amide bonds. The molecule has 0 radical (unpaired) electrons. The van der Waals surface area contributed by atoms with Crippen molar-refractivity contribution in [2.24, 2.45) is 0 Å². The lowest BCUT2D eigenvalue weighted by atomic mass is 9.97. The van der Waals surface area contributed by atoms with Crippen LogP contribution in [0.3, 0.4) is 0 Å². The van der Waals surface area contributed by atoms with E-state index >= 15 is 0 Å². The van der Waals surface area contributed by atoms with Gasteiger partial charge in [0.2, 0.25) is 11.8 Å². The molecule has 3 aromatic rings. The average molecular weight is 418 g/mol. The third kappa shape index (κ3) is 4.45. The van der Waals surface area contributed by atoms with Crippen LogP contribution in [-0.4, -0.2) is 34.1 Å². The minimum atomic E-state index is -0.484. The van der Waals surface area contributed by atoms with E-state index in [1.54, 1.807) is 17.0 Å². The van der Waals surface area contributed by atoms with E-state index in [9.17, 15) is 13.6 Å². The first kappa shape index (κ1) is 19.5. The first-order chi connectivity index (χ1) is 14.0. The van der Waals surface area contributed by atoms with Crippen molar-refractivity contribution < 1.29 is 18.0 Å². The molecular weight excluding hydrogens is 400 g/mol. The van der Waals surface area contributed by atoms with E-state index in [0.29, 0.717) is 31.3 Å². The monoisotopic (exact) mass is 417 g/mol. The van der Waals surface area contributed by atoms with Crippen LogP contribution in [0.1, 0.15) is 46.5 Å². The average Bonchev–Trinajstić information content (AvgIpc) is 3.18. The lowest BCUT2D eigenvalue weighted by molar-refractivity contribution is 0.0698. The highest BCUT2D eigenvalue weighted by Gasteiger charge is 2.29. The van der Waals surface area contributed by atoms with Gasteiger partial charge in [0.25, 0.3) is 5.91 Å².